The molecule has 0 aliphatic carbocycles. The number of hydrogen-bond donors (Lipinski definition) is 4. The molecule has 9 nitrogen and oxygen atoms in total. The Hall–Kier alpha value is -4.99. The standard InChI is InChI=1S/C40H47N5O4/c1-28(49-27-30-12-6-5-7-13-30)25-42-40(2,3)24-37(46)43-35-23-22-32-14-8-11-17-36(32)45(38(35)47)26-29-18-20-31(21-19-29)33-15-9-10-16-34(33)44-39(48)41-4/h5-21,28,35,42H,22-27H2,1-4H3,(H,43,46)(H2,41,44,48)/t28-,35-/m1/s1. The number of nitrogens with one attached hydrogen (secondary N) is 4. The van der Waals surface area contributed by atoms with Gasteiger partial charge in [-0.15, -0.1) is 0 Å². The van der Waals surface area contributed by atoms with Crippen molar-refractivity contribution in [1.82, 2.24) is 16.0 Å². The van der Waals surface area contributed by atoms with Crippen molar-refractivity contribution in [1.29, 1.82) is 0 Å². The number of carbonyl (C=O) groups is 3. The second kappa shape index (κ2) is 16.4. The van der Waals surface area contributed by atoms with Crippen LogP contribution in [0.1, 0.15) is 50.3 Å². The molecule has 1 heterocycles. The van der Waals surface area contributed by atoms with Crippen LogP contribution in [-0.2, 0) is 33.9 Å². The van der Waals surface area contributed by atoms with Crippen LogP contribution in [0.25, 0.3) is 11.1 Å². The highest BCUT2D eigenvalue weighted by Gasteiger charge is 2.33. The zero-order valence-corrected chi connectivity index (χ0v) is 28.8. The molecule has 0 fully saturated rings. The summed E-state index contributed by atoms with van der Waals surface area (Å²) in [6, 6.07) is 32.7. The first-order valence-corrected chi connectivity index (χ1v) is 16.9. The molecule has 0 unspecified atom stereocenters. The Morgan fingerprint density at radius 3 is 2.35 bits per heavy atom. The minimum Gasteiger partial charge on any atom is -0.373 e. The molecule has 4 N–H and O–H groups in total. The highest BCUT2D eigenvalue weighted by atomic mass is 16.5. The summed E-state index contributed by atoms with van der Waals surface area (Å²) in [5.41, 5.74) is 6.04. The molecule has 49 heavy (non-hydrogen) atoms. The minimum atomic E-state index is -0.647. The number of hydrogen-bond acceptors (Lipinski definition) is 5. The molecule has 0 spiro atoms. The highest BCUT2D eigenvalue weighted by Crippen LogP contribution is 2.31. The molecule has 5 rings (SSSR count). The van der Waals surface area contributed by atoms with Crippen molar-refractivity contribution in [3.63, 3.8) is 0 Å². The van der Waals surface area contributed by atoms with E-state index in [1.54, 1.807) is 11.9 Å². The summed E-state index contributed by atoms with van der Waals surface area (Å²) in [6.45, 7) is 7.47. The first-order chi connectivity index (χ1) is 23.6. The number of fused-ring (bicyclic) bond motifs is 1. The number of anilines is 2. The number of urea groups is 1. The summed E-state index contributed by atoms with van der Waals surface area (Å²) in [5.74, 6) is -0.302. The van der Waals surface area contributed by atoms with Gasteiger partial charge in [0, 0.05) is 36.8 Å². The van der Waals surface area contributed by atoms with Crippen LogP contribution in [-0.4, -0.2) is 49.1 Å². The Balaban J connectivity index is 1.22. The van der Waals surface area contributed by atoms with Crippen LogP contribution in [0.2, 0.25) is 0 Å². The lowest BCUT2D eigenvalue weighted by Gasteiger charge is -2.30. The lowest BCUT2D eigenvalue weighted by atomic mass is 9.99. The van der Waals surface area contributed by atoms with E-state index in [1.807, 2.05) is 124 Å². The monoisotopic (exact) mass is 661 g/mol. The summed E-state index contributed by atoms with van der Waals surface area (Å²) < 4.78 is 5.99. The van der Waals surface area contributed by atoms with E-state index >= 15 is 0 Å². The summed E-state index contributed by atoms with van der Waals surface area (Å²) in [5, 5.41) is 12.0. The lowest BCUT2D eigenvalue weighted by Crippen LogP contribution is -2.51. The van der Waals surface area contributed by atoms with E-state index in [1.165, 1.54) is 0 Å². The van der Waals surface area contributed by atoms with Crippen molar-refractivity contribution in [3.8, 4) is 11.1 Å². The lowest BCUT2D eigenvalue weighted by molar-refractivity contribution is -0.128. The van der Waals surface area contributed by atoms with Crippen LogP contribution in [0.3, 0.4) is 0 Å². The van der Waals surface area contributed by atoms with E-state index in [2.05, 4.69) is 21.3 Å². The largest absolute Gasteiger partial charge is 0.373 e. The normalized spacial score (nSPS) is 15.1. The van der Waals surface area contributed by atoms with Crippen molar-refractivity contribution in [3.05, 3.63) is 120 Å². The fourth-order valence-corrected chi connectivity index (χ4v) is 6.01. The first-order valence-electron chi connectivity index (χ1n) is 16.9. The van der Waals surface area contributed by atoms with Crippen molar-refractivity contribution in [2.75, 3.05) is 23.8 Å². The number of aryl methyl sites for hydroxylation is 1. The maximum Gasteiger partial charge on any atom is 0.318 e. The number of carbonyl (C=O) groups excluding carboxylic acids is 3. The van der Waals surface area contributed by atoms with Gasteiger partial charge in [-0.05, 0) is 68.0 Å². The van der Waals surface area contributed by atoms with Crippen LogP contribution in [0, 0.1) is 0 Å². The van der Waals surface area contributed by atoms with Crippen molar-refractivity contribution in [2.24, 2.45) is 0 Å². The van der Waals surface area contributed by atoms with Crippen LogP contribution in [0.4, 0.5) is 16.2 Å². The molecule has 4 aromatic rings. The van der Waals surface area contributed by atoms with Gasteiger partial charge in [-0.25, -0.2) is 4.79 Å². The zero-order chi connectivity index (χ0) is 34.8. The van der Waals surface area contributed by atoms with Gasteiger partial charge in [0.25, 0.3) is 0 Å². The smallest absolute Gasteiger partial charge is 0.318 e. The molecule has 0 bridgehead atoms. The van der Waals surface area contributed by atoms with Crippen molar-refractivity contribution < 1.29 is 19.1 Å². The Kier molecular flexibility index (Phi) is 11.8. The number of para-hydroxylation sites is 2. The van der Waals surface area contributed by atoms with Gasteiger partial charge < -0.3 is 30.9 Å². The van der Waals surface area contributed by atoms with Crippen LogP contribution >= 0.6 is 0 Å². The topological polar surface area (TPSA) is 112 Å². The van der Waals surface area contributed by atoms with E-state index < -0.39 is 11.6 Å². The van der Waals surface area contributed by atoms with E-state index in [9.17, 15) is 14.4 Å². The Morgan fingerprint density at radius 1 is 0.898 bits per heavy atom. The third-order valence-electron chi connectivity index (χ3n) is 8.74. The fourth-order valence-electron chi connectivity index (χ4n) is 6.01. The molecule has 0 saturated heterocycles. The summed E-state index contributed by atoms with van der Waals surface area (Å²) in [7, 11) is 1.58. The van der Waals surface area contributed by atoms with Crippen LogP contribution in [0.5, 0.6) is 0 Å². The summed E-state index contributed by atoms with van der Waals surface area (Å²) in [6.07, 6.45) is 1.37. The minimum absolute atomic E-state index is 0.0407. The molecule has 4 aromatic carbocycles. The van der Waals surface area contributed by atoms with Gasteiger partial charge in [-0.1, -0.05) is 91.0 Å². The quantitative estimate of drug-likeness (QED) is 0.132. The van der Waals surface area contributed by atoms with Gasteiger partial charge >= 0.3 is 6.03 Å². The second-order valence-electron chi connectivity index (χ2n) is 13.2. The van der Waals surface area contributed by atoms with Gasteiger partial charge in [0.05, 0.1) is 24.9 Å². The molecule has 2 atom stereocenters. The molecule has 0 radical (unpaired) electrons. The Labute approximate surface area is 289 Å². The first kappa shape index (κ1) is 35.3. The molecule has 0 aromatic heterocycles. The third-order valence-corrected chi connectivity index (χ3v) is 8.74. The maximum absolute atomic E-state index is 14.1. The molecule has 0 saturated carbocycles. The molecular formula is C40H47N5O4. The number of nitrogens with zero attached hydrogens (tertiary/aromatic N) is 1. The number of amides is 4. The van der Waals surface area contributed by atoms with Gasteiger partial charge in [0.15, 0.2) is 0 Å². The van der Waals surface area contributed by atoms with Gasteiger partial charge in [0.2, 0.25) is 11.8 Å². The van der Waals surface area contributed by atoms with Gasteiger partial charge in [-0.3, -0.25) is 9.59 Å². The maximum atomic E-state index is 14.1. The molecule has 4 amide bonds. The summed E-state index contributed by atoms with van der Waals surface area (Å²) in [4.78, 5) is 41.3. The highest BCUT2D eigenvalue weighted by molar-refractivity contribution is 6.00. The van der Waals surface area contributed by atoms with Gasteiger partial charge in [0.1, 0.15) is 6.04 Å². The average molecular weight is 662 g/mol. The average Bonchev–Trinajstić information content (AvgIpc) is 3.23. The van der Waals surface area contributed by atoms with Gasteiger partial charge in [-0.2, -0.15) is 0 Å². The molecule has 1 aliphatic heterocycles. The van der Waals surface area contributed by atoms with E-state index in [-0.39, 0.29) is 30.4 Å². The SMILES string of the molecule is CNC(=O)Nc1ccccc1-c1ccc(CN2C(=O)[C@H](NC(=O)CC(C)(C)NC[C@@H](C)OCc3ccccc3)CCc3ccccc32)cc1. The Bertz CT molecular complexity index is 1720. The predicted octanol–water partition coefficient (Wildman–Crippen LogP) is 6.43. The molecule has 9 heteroatoms. The molecule has 1 aliphatic rings. The number of benzene rings is 4. The van der Waals surface area contributed by atoms with Crippen molar-refractivity contribution in [2.45, 2.75) is 70.9 Å². The van der Waals surface area contributed by atoms with Crippen molar-refractivity contribution >= 4 is 29.2 Å². The predicted molar refractivity (Wildman–Crippen MR) is 195 cm³/mol. The zero-order valence-electron chi connectivity index (χ0n) is 28.8. The molecule has 256 valence electrons. The van der Waals surface area contributed by atoms with E-state index in [4.69, 9.17) is 4.74 Å². The Morgan fingerprint density at radius 2 is 1.59 bits per heavy atom. The van der Waals surface area contributed by atoms with Crippen LogP contribution < -0.4 is 26.2 Å². The molecular weight excluding hydrogens is 614 g/mol. The van der Waals surface area contributed by atoms with Crippen LogP contribution in [0.15, 0.2) is 103 Å². The number of ether oxygens (including phenoxy) is 1. The number of rotatable bonds is 13. The fraction of sp³-hybridized carbons (Fsp3) is 0.325. The van der Waals surface area contributed by atoms with E-state index in [0.29, 0.717) is 38.2 Å². The second-order valence-corrected chi connectivity index (χ2v) is 13.2. The summed E-state index contributed by atoms with van der Waals surface area (Å²) >= 11 is 0. The third kappa shape index (κ3) is 9.78. The van der Waals surface area contributed by atoms with E-state index in [0.717, 1.165) is 33.5 Å².